The highest BCUT2D eigenvalue weighted by atomic mass is 16.5. The van der Waals surface area contributed by atoms with Crippen molar-refractivity contribution in [2.45, 2.75) is 12.8 Å². The van der Waals surface area contributed by atoms with Crippen molar-refractivity contribution in [2.75, 3.05) is 46.4 Å². The number of nitrogens with zero attached hydrogens (tertiary/aromatic N) is 1. The number of methoxy groups -OCH3 is 1. The van der Waals surface area contributed by atoms with E-state index in [-0.39, 0.29) is 5.91 Å². The Hall–Kier alpha value is -1.59. The van der Waals surface area contributed by atoms with E-state index in [0.29, 0.717) is 6.42 Å². The molecule has 1 fully saturated rings. The third kappa shape index (κ3) is 5.73. The Morgan fingerprint density at radius 1 is 1.38 bits per heavy atom. The van der Waals surface area contributed by atoms with Gasteiger partial charge in [0.05, 0.1) is 7.11 Å². The van der Waals surface area contributed by atoms with Gasteiger partial charge in [-0.2, -0.15) is 0 Å². The highest BCUT2D eigenvalue weighted by Gasteiger charge is 2.09. The third-order valence-corrected chi connectivity index (χ3v) is 3.73. The first-order valence-electron chi connectivity index (χ1n) is 7.60. The van der Waals surface area contributed by atoms with Crippen molar-refractivity contribution >= 4 is 5.91 Å². The maximum atomic E-state index is 11.8. The zero-order valence-electron chi connectivity index (χ0n) is 12.7. The lowest BCUT2D eigenvalue weighted by atomic mass is 10.1. The Kier molecular flexibility index (Phi) is 6.50. The molecule has 5 nitrogen and oxygen atoms in total. The maximum Gasteiger partial charge on any atom is 0.220 e. The lowest BCUT2D eigenvalue weighted by Gasteiger charge is -2.27. The van der Waals surface area contributed by atoms with Crippen LogP contribution in [0.4, 0.5) is 0 Å². The molecule has 21 heavy (non-hydrogen) atoms. The second-order valence-corrected chi connectivity index (χ2v) is 5.29. The van der Waals surface area contributed by atoms with Gasteiger partial charge in [-0.3, -0.25) is 9.69 Å². The molecule has 2 N–H and O–H groups in total. The summed E-state index contributed by atoms with van der Waals surface area (Å²) in [7, 11) is 1.65. The van der Waals surface area contributed by atoms with Gasteiger partial charge in [-0.15, -0.1) is 0 Å². The summed E-state index contributed by atoms with van der Waals surface area (Å²) >= 11 is 0. The molecule has 1 saturated heterocycles. The molecule has 1 aromatic carbocycles. The van der Waals surface area contributed by atoms with Gasteiger partial charge in [0.2, 0.25) is 5.91 Å². The van der Waals surface area contributed by atoms with Gasteiger partial charge in [-0.05, 0) is 24.1 Å². The number of aryl methyl sites for hydroxylation is 1. The number of carbonyl (C=O) groups is 1. The van der Waals surface area contributed by atoms with E-state index in [0.717, 1.165) is 57.0 Å². The number of hydrogen-bond acceptors (Lipinski definition) is 4. The Bertz CT molecular complexity index is 445. The molecule has 5 heteroatoms. The van der Waals surface area contributed by atoms with Crippen molar-refractivity contribution in [1.82, 2.24) is 15.5 Å². The number of amides is 1. The molecule has 1 aliphatic rings. The lowest BCUT2D eigenvalue weighted by Crippen LogP contribution is -2.46. The monoisotopic (exact) mass is 291 g/mol. The van der Waals surface area contributed by atoms with E-state index in [1.165, 1.54) is 0 Å². The molecule has 0 spiro atoms. The van der Waals surface area contributed by atoms with Gasteiger partial charge in [0, 0.05) is 45.7 Å². The molecule has 0 atom stereocenters. The molecule has 0 saturated carbocycles. The number of carbonyl (C=O) groups excluding carboxylic acids is 1. The van der Waals surface area contributed by atoms with Gasteiger partial charge in [-0.25, -0.2) is 0 Å². The molecule has 1 heterocycles. The van der Waals surface area contributed by atoms with Crippen molar-refractivity contribution in [3.05, 3.63) is 29.8 Å². The number of rotatable bonds is 7. The Morgan fingerprint density at radius 2 is 2.19 bits per heavy atom. The number of ether oxygens (including phenoxy) is 1. The van der Waals surface area contributed by atoms with Crippen molar-refractivity contribution < 1.29 is 9.53 Å². The Labute approximate surface area is 126 Å². The predicted octanol–water partition coefficient (Wildman–Crippen LogP) is 0.649. The quantitative estimate of drug-likeness (QED) is 0.774. The second-order valence-electron chi connectivity index (χ2n) is 5.29. The van der Waals surface area contributed by atoms with Gasteiger partial charge in [0.25, 0.3) is 0 Å². The van der Waals surface area contributed by atoms with Crippen LogP contribution in [-0.2, 0) is 11.2 Å². The number of hydrogen-bond donors (Lipinski definition) is 2. The summed E-state index contributed by atoms with van der Waals surface area (Å²) in [6.07, 6.45) is 1.27. The molecular weight excluding hydrogens is 266 g/mol. The number of benzene rings is 1. The predicted molar refractivity (Wildman–Crippen MR) is 83.6 cm³/mol. The summed E-state index contributed by atoms with van der Waals surface area (Å²) in [4.78, 5) is 14.2. The van der Waals surface area contributed by atoms with Crippen LogP contribution in [-0.4, -0.2) is 57.2 Å². The average molecular weight is 291 g/mol. The summed E-state index contributed by atoms with van der Waals surface area (Å²) in [5.74, 6) is 0.958. The van der Waals surface area contributed by atoms with Crippen LogP contribution in [0.25, 0.3) is 0 Å². The molecule has 1 amide bonds. The van der Waals surface area contributed by atoms with E-state index < -0.39 is 0 Å². The minimum atomic E-state index is 0.118. The molecule has 0 bridgehead atoms. The van der Waals surface area contributed by atoms with Crippen LogP contribution >= 0.6 is 0 Å². The molecule has 0 aromatic heterocycles. The standard InChI is InChI=1S/C16H25N3O2/c1-21-15-4-2-3-14(13-15)5-6-16(20)18-9-12-19-10-7-17-8-11-19/h2-4,13,17H,5-12H2,1H3,(H,18,20). The van der Waals surface area contributed by atoms with Gasteiger partial charge < -0.3 is 15.4 Å². The van der Waals surface area contributed by atoms with Crippen LogP contribution in [0.1, 0.15) is 12.0 Å². The van der Waals surface area contributed by atoms with Gasteiger partial charge >= 0.3 is 0 Å². The summed E-state index contributed by atoms with van der Waals surface area (Å²) in [6, 6.07) is 7.87. The zero-order chi connectivity index (χ0) is 14.9. The Morgan fingerprint density at radius 3 is 2.95 bits per heavy atom. The lowest BCUT2D eigenvalue weighted by molar-refractivity contribution is -0.121. The first-order chi connectivity index (χ1) is 10.3. The van der Waals surface area contributed by atoms with Crippen LogP contribution in [0.15, 0.2) is 24.3 Å². The van der Waals surface area contributed by atoms with Crippen molar-refractivity contribution in [3.8, 4) is 5.75 Å². The molecular formula is C16H25N3O2. The highest BCUT2D eigenvalue weighted by molar-refractivity contribution is 5.76. The van der Waals surface area contributed by atoms with Crippen LogP contribution in [0.2, 0.25) is 0 Å². The molecule has 0 radical (unpaired) electrons. The van der Waals surface area contributed by atoms with E-state index in [9.17, 15) is 4.79 Å². The first kappa shape index (κ1) is 15.8. The van der Waals surface area contributed by atoms with Crippen molar-refractivity contribution in [3.63, 3.8) is 0 Å². The fourth-order valence-electron chi connectivity index (χ4n) is 2.46. The summed E-state index contributed by atoms with van der Waals surface area (Å²) in [5.41, 5.74) is 1.13. The highest BCUT2D eigenvalue weighted by Crippen LogP contribution is 2.13. The number of piperazine rings is 1. The average Bonchev–Trinajstić information content (AvgIpc) is 2.54. The van der Waals surface area contributed by atoms with Crippen molar-refractivity contribution in [2.24, 2.45) is 0 Å². The fourth-order valence-corrected chi connectivity index (χ4v) is 2.46. The molecule has 1 aliphatic heterocycles. The molecule has 0 unspecified atom stereocenters. The van der Waals surface area contributed by atoms with E-state index in [4.69, 9.17) is 4.74 Å². The SMILES string of the molecule is COc1cccc(CCC(=O)NCCN2CCNCC2)c1. The van der Waals surface area contributed by atoms with Crippen LogP contribution in [0.3, 0.4) is 0 Å². The van der Waals surface area contributed by atoms with E-state index in [1.54, 1.807) is 7.11 Å². The second kappa shape index (κ2) is 8.64. The molecule has 116 valence electrons. The van der Waals surface area contributed by atoms with Gasteiger partial charge in [0.1, 0.15) is 5.75 Å². The van der Waals surface area contributed by atoms with E-state index >= 15 is 0 Å². The minimum absolute atomic E-state index is 0.118. The smallest absolute Gasteiger partial charge is 0.220 e. The van der Waals surface area contributed by atoms with Crippen molar-refractivity contribution in [1.29, 1.82) is 0 Å². The topological polar surface area (TPSA) is 53.6 Å². The maximum absolute atomic E-state index is 11.8. The van der Waals surface area contributed by atoms with Crippen LogP contribution < -0.4 is 15.4 Å². The summed E-state index contributed by atoms with van der Waals surface area (Å²) in [6.45, 7) is 5.90. The van der Waals surface area contributed by atoms with E-state index in [2.05, 4.69) is 15.5 Å². The number of nitrogens with one attached hydrogen (secondary N) is 2. The third-order valence-electron chi connectivity index (χ3n) is 3.73. The largest absolute Gasteiger partial charge is 0.497 e. The normalized spacial score (nSPS) is 15.7. The molecule has 2 rings (SSSR count). The molecule has 1 aromatic rings. The van der Waals surface area contributed by atoms with Crippen LogP contribution in [0, 0.1) is 0 Å². The fraction of sp³-hybridized carbons (Fsp3) is 0.562. The zero-order valence-corrected chi connectivity index (χ0v) is 12.7. The van der Waals surface area contributed by atoms with Gasteiger partial charge in [-0.1, -0.05) is 12.1 Å². The first-order valence-corrected chi connectivity index (χ1v) is 7.60. The van der Waals surface area contributed by atoms with Gasteiger partial charge in [0.15, 0.2) is 0 Å². The minimum Gasteiger partial charge on any atom is -0.497 e. The van der Waals surface area contributed by atoms with E-state index in [1.807, 2.05) is 24.3 Å². The summed E-state index contributed by atoms with van der Waals surface area (Å²) in [5, 5.41) is 6.32. The summed E-state index contributed by atoms with van der Waals surface area (Å²) < 4.78 is 5.18. The van der Waals surface area contributed by atoms with Crippen LogP contribution in [0.5, 0.6) is 5.75 Å². The Balaban J connectivity index is 1.62. The molecule has 0 aliphatic carbocycles.